The molecular formula is C14H20FN3O6. The molecule has 0 unspecified atom stereocenters. The molecule has 0 bridgehead atoms. The second kappa shape index (κ2) is 6.83. The Morgan fingerprint density at radius 1 is 1.54 bits per heavy atom. The highest BCUT2D eigenvalue weighted by Crippen LogP contribution is 2.30. The molecule has 1 saturated heterocycles. The maximum Gasteiger partial charge on any atom is 0.413 e. The highest BCUT2D eigenvalue weighted by Gasteiger charge is 2.45. The molecule has 1 aromatic rings. The number of rotatable bonds is 3. The van der Waals surface area contributed by atoms with E-state index in [-0.39, 0.29) is 5.82 Å². The van der Waals surface area contributed by atoms with E-state index in [1.54, 1.807) is 20.8 Å². The van der Waals surface area contributed by atoms with Crippen LogP contribution >= 0.6 is 0 Å². The first-order valence-electron chi connectivity index (χ1n) is 7.30. The van der Waals surface area contributed by atoms with Gasteiger partial charge in [0.15, 0.2) is 12.4 Å². The summed E-state index contributed by atoms with van der Waals surface area (Å²) in [5.74, 6) is -0.0711. The molecule has 0 aromatic carbocycles. The molecule has 0 spiro atoms. The molecule has 1 aromatic heterocycles. The van der Waals surface area contributed by atoms with Crippen molar-refractivity contribution >= 4 is 11.9 Å². The number of aliphatic hydroxyl groups excluding tert-OH is 2. The molecule has 1 aliphatic rings. The maximum absolute atomic E-state index is 14.0. The van der Waals surface area contributed by atoms with Gasteiger partial charge in [-0.1, -0.05) is 0 Å². The van der Waals surface area contributed by atoms with Crippen molar-refractivity contribution in [3.05, 3.63) is 22.7 Å². The summed E-state index contributed by atoms with van der Waals surface area (Å²) in [6.45, 7) is 4.46. The molecule has 1 amide bonds. The van der Waals surface area contributed by atoms with E-state index >= 15 is 0 Å². The smallest absolute Gasteiger partial charge is 0.413 e. The number of aliphatic hydroxyl groups is 2. The van der Waals surface area contributed by atoms with E-state index in [1.165, 1.54) is 12.3 Å². The minimum atomic E-state index is -1.90. The monoisotopic (exact) mass is 345 g/mol. The minimum absolute atomic E-state index is 0.0711. The van der Waals surface area contributed by atoms with Crippen LogP contribution in [0, 0.1) is 0 Å². The Morgan fingerprint density at radius 2 is 2.21 bits per heavy atom. The van der Waals surface area contributed by atoms with Crippen molar-refractivity contribution in [2.75, 3.05) is 11.9 Å². The average molecular weight is 345 g/mol. The number of carbonyl (C=O) groups excluding carboxylic acids is 1. The molecule has 4 atom stereocenters. The molecule has 1 aliphatic heterocycles. The lowest BCUT2D eigenvalue weighted by molar-refractivity contribution is -0.0491. The molecule has 1 fully saturated rings. The second-order valence-electron chi connectivity index (χ2n) is 6.31. The lowest BCUT2D eigenvalue weighted by Gasteiger charge is -2.19. The SMILES string of the molecule is CC(C)(C)OC(=O)Nc1ccn([C@@H]2O[C@H](CO)[C@@H](O)[C@@H]2F)c(=O)n1. The van der Waals surface area contributed by atoms with E-state index in [0.29, 0.717) is 0 Å². The number of hydrogen-bond donors (Lipinski definition) is 3. The van der Waals surface area contributed by atoms with E-state index in [1.807, 2.05) is 0 Å². The number of anilines is 1. The van der Waals surface area contributed by atoms with E-state index < -0.39 is 48.6 Å². The predicted octanol–water partition coefficient (Wildman–Crippen LogP) is 0.179. The lowest BCUT2D eigenvalue weighted by atomic mass is 10.1. The summed E-state index contributed by atoms with van der Waals surface area (Å²) in [6, 6.07) is 1.26. The van der Waals surface area contributed by atoms with Crippen LogP contribution in [0.25, 0.3) is 0 Å². The first-order chi connectivity index (χ1) is 11.1. The lowest BCUT2D eigenvalue weighted by Crippen LogP contribution is -2.34. The zero-order valence-corrected chi connectivity index (χ0v) is 13.5. The molecule has 24 heavy (non-hydrogen) atoms. The van der Waals surface area contributed by atoms with Crippen LogP contribution in [0.3, 0.4) is 0 Å². The molecule has 0 aliphatic carbocycles. The van der Waals surface area contributed by atoms with Crippen LogP contribution in [0.15, 0.2) is 17.1 Å². The molecule has 0 saturated carbocycles. The topological polar surface area (TPSA) is 123 Å². The first-order valence-corrected chi connectivity index (χ1v) is 7.30. The van der Waals surface area contributed by atoms with Crippen molar-refractivity contribution in [2.45, 2.75) is 51.0 Å². The molecule has 0 radical (unpaired) electrons. The molecule has 134 valence electrons. The van der Waals surface area contributed by atoms with Crippen LogP contribution in [0.2, 0.25) is 0 Å². The van der Waals surface area contributed by atoms with Crippen LogP contribution in [0.1, 0.15) is 27.0 Å². The highest BCUT2D eigenvalue weighted by molar-refractivity contribution is 5.83. The van der Waals surface area contributed by atoms with E-state index in [4.69, 9.17) is 14.6 Å². The number of amides is 1. The third kappa shape index (κ3) is 4.08. The molecular weight excluding hydrogens is 325 g/mol. The van der Waals surface area contributed by atoms with Crippen molar-refractivity contribution in [1.29, 1.82) is 0 Å². The third-order valence-corrected chi connectivity index (χ3v) is 3.21. The van der Waals surface area contributed by atoms with Gasteiger partial charge in [0.05, 0.1) is 6.61 Å². The predicted molar refractivity (Wildman–Crippen MR) is 80.3 cm³/mol. The Balaban J connectivity index is 2.13. The standard InChI is InChI=1S/C14H20FN3O6/c1-14(2,3)24-13(22)17-8-4-5-18(12(21)16-8)11-9(15)10(20)7(6-19)23-11/h4-5,7,9-11,19-20H,6H2,1-3H3,(H,16,17,21,22)/t7-,9+,10-,11-/m1/s1. The Kier molecular flexibility index (Phi) is 5.21. The van der Waals surface area contributed by atoms with Crippen LogP contribution in [-0.2, 0) is 9.47 Å². The van der Waals surface area contributed by atoms with Crippen LogP contribution in [0.5, 0.6) is 0 Å². The van der Waals surface area contributed by atoms with Gasteiger partial charge in [0, 0.05) is 6.20 Å². The van der Waals surface area contributed by atoms with Crippen molar-refractivity contribution in [2.24, 2.45) is 0 Å². The van der Waals surface area contributed by atoms with Gasteiger partial charge in [-0.2, -0.15) is 4.98 Å². The summed E-state index contributed by atoms with van der Waals surface area (Å²) in [5, 5.41) is 20.9. The van der Waals surface area contributed by atoms with E-state index in [9.17, 15) is 19.1 Å². The van der Waals surface area contributed by atoms with Gasteiger partial charge in [0.25, 0.3) is 0 Å². The van der Waals surface area contributed by atoms with Crippen LogP contribution in [0.4, 0.5) is 15.0 Å². The zero-order chi connectivity index (χ0) is 18.1. The third-order valence-electron chi connectivity index (χ3n) is 3.21. The highest BCUT2D eigenvalue weighted by atomic mass is 19.1. The molecule has 3 N–H and O–H groups in total. The first kappa shape index (κ1) is 18.3. The van der Waals surface area contributed by atoms with Gasteiger partial charge in [-0.25, -0.2) is 14.0 Å². The van der Waals surface area contributed by atoms with Crippen molar-refractivity contribution in [3.8, 4) is 0 Å². The van der Waals surface area contributed by atoms with Crippen molar-refractivity contribution in [3.63, 3.8) is 0 Å². The summed E-state index contributed by atoms with van der Waals surface area (Å²) >= 11 is 0. The summed E-state index contributed by atoms with van der Waals surface area (Å²) in [4.78, 5) is 27.2. The quantitative estimate of drug-likeness (QED) is 0.714. The Morgan fingerprint density at radius 3 is 2.71 bits per heavy atom. The number of nitrogens with zero attached hydrogens (tertiary/aromatic N) is 2. The normalized spacial score (nSPS) is 27.1. The molecule has 2 rings (SSSR count). The number of carbonyl (C=O) groups is 1. The molecule has 9 nitrogen and oxygen atoms in total. The fourth-order valence-electron chi connectivity index (χ4n) is 2.16. The number of halogens is 1. The van der Waals surface area contributed by atoms with Gasteiger partial charge in [-0.15, -0.1) is 0 Å². The molecule has 2 heterocycles. The Labute approximate surface area is 137 Å². The fourth-order valence-corrected chi connectivity index (χ4v) is 2.16. The fraction of sp³-hybridized carbons (Fsp3) is 0.643. The van der Waals surface area contributed by atoms with Gasteiger partial charge in [0.2, 0.25) is 0 Å². The van der Waals surface area contributed by atoms with Crippen LogP contribution < -0.4 is 11.0 Å². The van der Waals surface area contributed by atoms with Crippen molar-refractivity contribution in [1.82, 2.24) is 9.55 Å². The van der Waals surface area contributed by atoms with Gasteiger partial charge in [-0.3, -0.25) is 9.88 Å². The number of aromatic nitrogens is 2. The largest absolute Gasteiger partial charge is 0.444 e. The van der Waals surface area contributed by atoms with Gasteiger partial charge in [-0.05, 0) is 26.8 Å². The number of ether oxygens (including phenoxy) is 2. The summed E-state index contributed by atoms with van der Waals surface area (Å²) in [5.41, 5.74) is -1.60. The number of nitrogens with one attached hydrogen (secondary N) is 1. The Bertz CT molecular complexity index is 659. The van der Waals surface area contributed by atoms with Gasteiger partial charge < -0.3 is 19.7 Å². The number of hydrogen-bond acceptors (Lipinski definition) is 7. The summed E-state index contributed by atoms with van der Waals surface area (Å²) < 4.78 is 25.0. The van der Waals surface area contributed by atoms with Crippen molar-refractivity contribution < 1.29 is 28.9 Å². The summed E-state index contributed by atoms with van der Waals surface area (Å²) in [6.07, 6.45) is -5.60. The Hall–Kier alpha value is -2.04. The van der Waals surface area contributed by atoms with E-state index in [0.717, 1.165) is 4.57 Å². The number of alkyl halides is 1. The van der Waals surface area contributed by atoms with Gasteiger partial charge >= 0.3 is 11.8 Å². The molecule has 10 heteroatoms. The average Bonchev–Trinajstić information content (AvgIpc) is 2.73. The zero-order valence-electron chi connectivity index (χ0n) is 13.5. The van der Waals surface area contributed by atoms with Gasteiger partial charge in [0.1, 0.15) is 23.6 Å². The second-order valence-corrected chi connectivity index (χ2v) is 6.31. The van der Waals surface area contributed by atoms with E-state index in [2.05, 4.69) is 10.3 Å². The summed E-state index contributed by atoms with van der Waals surface area (Å²) in [7, 11) is 0. The maximum atomic E-state index is 14.0. The minimum Gasteiger partial charge on any atom is -0.444 e. The van der Waals surface area contributed by atoms with Crippen LogP contribution in [-0.4, -0.2) is 56.4 Å².